The highest BCUT2D eigenvalue weighted by atomic mass is 79.9. The second-order valence-electron chi connectivity index (χ2n) is 6.77. The van der Waals surface area contributed by atoms with E-state index in [0.29, 0.717) is 27.2 Å². The van der Waals surface area contributed by atoms with Crippen LogP contribution in [0.2, 0.25) is 0 Å². The molecule has 174 valence electrons. The Morgan fingerprint density at radius 3 is 2.32 bits per heavy atom. The summed E-state index contributed by atoms with van der Waals surface area (Å²) in [5, 5.41) is 17.5. The molecule has 34 heavy (non-hydrogen) atoms. The van der Waals surface area contributed by atoms with E-state index >= 15 is 0 Å². The van der Waals surface area contributed by atoms with Crippen molar-refractivity contribution < 1.29 is 24.0 Å². The lowest BCUT2D eigenvalue weighted by Gasteiger charge is -2.09. The quantitative estimate of drug-likeness (QED) is 0.254. The summed E-state index contributed by atoms with van der Waals surface area (Å²) < 4.78 is 11.2. The molecule has 0 atom stereocenters. The molecule has 2 N–H and O–H groups in total. The number of methoxy groups -OCH3 is 2. The first kappa shape index (κ1) is 24.4. The number of carbonyl (C=O) groups excluding carboxylic acids is 2. The molecule has 0 saturated heterocycles. The van der Waals surface area contributed by atoms with Gasteiger partial charge in [0.05, 0.1) is 29.8 Å². The second-order valence-corrected chi connectivity index (χ2v) is 7.62. The van der Waals surface area contributed by atoms with E-state index in [1.807, 2.05) is 0 Å². The van der Waals surface area contributed by atoms with Gasteiger partial charge in [0.1, 0.15) is 11.5 Å². The number of benzene rings is 3. The second kappa shape index (κ2) is 11.1. The summed E-state index contributed by atoms with van der Waals surface area (Å²) >= 11 is 3.39. The lowest BCUT2D eigenvalue weighted by atomic mass is 10.1. The molecule has 0 aliphatic carbocycles. The maximum absolute atomic E-state index is 12.5. The first-order valence-corrected chi connectivity index (χ1v) is 10.5. The third-order valence-electron chi connectivity index (χ3n) is 4.58. The molecule has 3 rings (SSSR count). The molecule has 0 aliphatic heterocycles. The molecule has 0 heterocycles. The zero-order chi connectivity index (χ0) is 24.7. The number of halogens is 1. The molecule has 0 bridgehead atoms. The Morgan fingerprint density at radius 2 is 1.65 bits per heavy atom. The number of amides is 2. The predicted molar refractivity (Wildman–Crippen MR) is 130 cm³/mol. The van der Waals surface area contributed by atoms with Gasteiger partial charge in [-0.05, 0) is 46.3 Å². The number of anilines is 1. The van der Waals surface area contributed by atoms with Gasteiger partial charge in [0.2, 0.25) is 0 Å². The average molecular weight is 527 g/mol. The number of carbonyl (C=O) groups is 2. The molecule has 10 nitrogen and oxygen atoms in total. The highest BCUT2D eigenvalue weighted by Gasteiger charge is 2.13. The normalized spacial score (nSPS) is 10.6. The zero-order valence-corrected chi connectivity index (χ0v) is 19.7. The minimum absolute atomic E-state index is 0.119. The Morgan fingerprint density at radius 1 is 0.971 bits per heavy atom. The van der Waals surface area contributed by atoms with Crippen LogP contribution in [0.4, 0.5) is 11.4 Å². The Hall–Kier alpha value is -4.25. The van der Waals surface area contributed by atoms with Crippen molar-refractivity contribution in [3.63, 3.8) is 0 Å². The van der Waals surface area contributed by atoms with Crippen LogP contribution in [0, 0.1) is 10.1 Å². The Labute approximate surface area is 202 Å². The van der Waals surface area contributed by atoms with Crippen molar-refractivity contribution >= 4 is 45.3 Å². The van der Waals surface area contributed by atoms with Gasteiger partial charge >= 0.3 is 0 Å². The van der Waals surface area contributed by atoms with Crippen molar-refractivity contribution in [2.24, 2.45) is 5.10 Å². The smallest absolute Gasteiger partial charge is 0.271 e. The predicted octanol–water partition coefficient (Wildman–Crippen LogP) is 4.39. The summed E-state index contributed by atoms with van der Waals surface area (Å²) in [6.07, 6.45) is 1.43. The van der Waals surface area contributed by atoms with Gasteiger partial charge in [0, 0.05) is 40.6 Å². The third kappa shape index (κ3) is 5.95. The van der Waals surface area contributed by atoms with Crippen LogP contribution < -0.4 is 20.2 Å². The summed E-state index contributed by atoms with van der Waals surface area (Å²) in [6, 6.07) is 15.0. The molecule has 0 aromatic heterocycles. The van der Waals surface area contributed by atoms with Crippen molar-refractivity contribution in [3.05, 3.63) is 91.9 Å². The van der Waals surface area contributed by atoms with Crippen LogP contribution in [0.1, 0.15) is 26.3 Å². The maximum atomic E-state index is 12.5. The van der Waals surface area contributed by atoms with E-state index in [2.05, 4.69) is 31.8 Å². The lowest BCUT2D eigenvalue weighted by Crippen LogP contribution is -2.18. The first-order valence-electron chi connectivity index (χ1n) is 9.73. The summed E-state index contributed by atoms with van der Waals surface area (Å²) in [6.45, 7) is 0. The zero-order valence-electron chi connectivity index (χ0n) is 18.1. The van der Waals surface area contributed by atoms with Gasteiger partial charge in [0.15, 0.2) is 0 Å². The van der Waals surface area contributed by atoms with Crippen LogP contribution in [0.5, 0.6) is 11.5 Å². The number of hydrogen-bond donors (Lipinski definition) is 2. The van der Waals surface area contributed by atoms with Gasteiger partial charge in [-0.15, -0.1) is 0 Å². The number of nitro groups is 1. The summed E-state index contributed by atoms with van der Waals surface area (Å²) in [4.78, 5) is 35.3. The molecule has 3 aromatic rings. The highest BCUT2D eigenvalue weighted by molar-refractivity contribution is 9.10. The highest BCUT2D eigenvalue weighted by Crippen LogP contribution is 2.31. The molecule has 0 unspecified atom stereocenters. The summed E-state index contributed by atoms with van der Waals surface area (Å²) in [5.41, 5.74) is 3.54. The van der Waals surface area contributed by atoms with E-state index in [-0.39, 0.29) is 16.8 Å². The molecule has 2 amide bonds. The Kier molecular flexibility index (Phi) is 7.93. The van der Waals surface area contributed by atoms with Crippen molar-refractivity contribution in [1.82, 2.24) is 5.43 Å². The van der Waals surface area contributed by atoms with Crippen LogP contribution >= 0.6 is 15.9 Å². The fraction of sp³-hybridized carbons (Fsp3) is 0.0870. The molecule has 0 radical (unpaired) electrons. The first-order chi connectivity index (χ1) is 16.3. The number of non-ortho nitro benzene ring substituents is 1. The van der Waals surface area contributed by atoms with Crippen LogP contribution in [0.15, 0.2) is 70.2 Å². The number of rotatable bonds is 8. The van der Waals surface area contributed by atoms with Gasteiger partial charge < -0.3 is 14.8 Å². The number of hydrogen-bond acceptors (Lipinski definition) is 7. The molecule has 0 aliphatic rings. The van der Waals surface area contributed by atoms with Crippen LogP contribution in [0.3, 0.4) is 0 Å². The van der Waals surface area contributed by atoms with Gasteiger partial charge in [-0.3, -0.25) is 19.7 Å². The van der Waals surface area contributed by atoms with Crippen LogP contribution in [-0.2, 0) is 0 Å². The van der Waals surface area contributed by atoms with Gasteiger partial charge in [-0.1, -0.05) is 12.1 Å². The average Bonchev–Trinajstić information content (AvgIpc) is 2.84. The molecular formula is C23H19BrN4O6. The van der Waals surface area contributed by atoms with Gasteiger partial charge in [0.25, 0.3) is 17.5 Å². The van der Waals surface area contributed by atoms with Gasteiger partial charge in [-0.2, -0.15) is 5.10 Å². The van der Waals surface area contributed by atoms with E-state index in [9.17, 15) is 19.7 Å². The van der Waals surface area contributed by atoms with Crippen molar-refractivity contribution in [3.8, 4) is 11.5 Å². The van der Waals surface area contributed by atoms with Gasteiger partial charge in [-0.25, -0.2) is 5.43 Å². The van der Waals surface area contributed by atoms with Crippen LogP contribution in [0.25, 0.3) is 0 Å². The summed E-state index contributed by atoms with van der Waals surface area (Å²) in [5.74, 6) is 0.0385. The Bertz CT molecular complexity index is 1280. The monoisotopic (exact) mass is 526 g/mol. The SMILES string of the molecule is COc1cc(OC)c(/C=N/NC(=O)c2cccc(NC(=O)c3cccc([N+](=O)[O-])c3)c2)cc1Br. The molecule has 11 heteroatoms. The number of nitrogens with one attached hydrogen (secondary N) is 2. The topological polar surface area (TPSA) is 132 Å². The fourth-order valence-electron chi connectivity index (χ4n) is 2.91. The van der Waals surface area contributed by atoms with Crippen LogP contribution in [-0.4, -0.2) is 37.2 Å². The van der Waals surface area contributed by atoms with E-state index in [4.69, 9.17) is 9.47 Å². The van der Waals surface area contributed by atoms with Crippen molar-refractivity contribution in [1.29, 1.82) is 0 Å². The van der Waals surface area contributed by atoms with Crippen molar-refractivity contribution in [2.75, 3.05) is 19.5 Å². The molecule has 0 spiro atoms. The maximum Gasteiger partial charge on any atom is 0.271 e. The number of nitro benzene ring substituents is 1. The number of nitrogens with zero attached hydrogens (tertiary/aromatic N) is 2. The molecular weight excluding hydrogens is 508 g/mol. The summed E-state index contributed by atoms with van der Waals surface area (Å²) in [7, 11) is 3.04. The molecule has 3 aromatic carbocycles. The lowest BCUT2D eigenvalue weighted by molar-refractivity contribution is -0.384. The van der Waals surface area contributed by atoms with Crippen molar-refractivity contribution in [2.45, 2.75) is 0 Å². The molecule has 0 fully saturated rings. The van der Waals surface area contributed by atoms with E-state index in [1.165, 1.54) is 50.8 Å². The number of ether oxygens (including phenoxy) is 2. The minimum atomic E-state index is -0.581. The Balaban J connectivity index is 1.69. The van der Waals surface area contributed by atoms with E-state index < -0.39 is 16.7 Å². The minimum Gasteiger partial charge on any atom is -0.496 e. The fourth-order valence-corrected chi connectivity index (χ4v) is 3.43. The van der Waals surface area contributed by atoms with E-state index in [1.54, 1.807) is 30.3 Å². The third-order valence-corrected chi connectivity index (χ3v) is 5.20. The van der Waals surface area contributed by atoms with E-state index in [0.717, 1.165) is 0 Å². The molecule has 0 saturated carbocycles. The standard InChI is InChI=1S/C23H19BrN4O6/c1-33-20-12-21(34-2)19(24)11-16(20)13-25-27-23(30)14-5-3-7-17(9-14)26-22(29)15-6-4-8-18(10-15)28(31)32/h3-13H,1-2H3,(H,26,29)(H,27,30)/b25-13+. The largest absolute Gasteiger partial charge is 0.496 e. The number of hydrazone groups is 1.